The van der Waals surface area contributed by atoms with Crippen molar-refractivity contribution in [1.82, 2.24) is 5.32 Å². The van der Waals surface area contributed by atoms with E-state index < -0.39 is 5.97 Å². The lowest BCUT2D eigenvalue weighted by Gasteiger charge is -2.13. The first kappa shape index (κ1) is 17.5. The van der Waals surface area contributed by atoms with Crippen molar-refractivity contribution >= 4 is 18.0 Å². The molecule has 0 spiro atoms. The number of aryl methyl sites for hydroxylation is 1. The van der Waals surface area contributed by atoms with Gasteiger partial charge in [-0.25, -0.2) is 4.79 Å². The van der Waals surface area contributed by atoms with Gasteiger partial charge in [0.2, 0.25) is 0 Å². The Balaban J connectivity index is 1.64. The second-order valence-electron chi connectivity index (χ2n) is 5.45. The third-order valence-electron chi connectivity index (χ3n) is 3.39. The van der Waals surface area contributed by atoms with Gasteiger partial charge < -0.3 is 14.5 Å². The predicted octanol–water partition coefficient (Wildman–Crippen LogP) is 2.97. The molecule has 0 fully saturated rings. The molecule has 5 nitrogen and oxygen atoms in total. The summed E-state index contributed by atoms with van der Waals surface area (Å²) in [5, 5.41) is 2.82. The number of hydrogen-bond acceptors (Lipinski definition) is 4. The summed E-state index contributed by atoms with van der Waals surface area (Å²) in [4.78, 5) is 23.3. The summed E-state index contributed by atoms with van der Waals surface area (Å²) in [5.41, 5.74) is 1.23. The Labute approximate surface area is 141 Å². The maximum atomic E-state index is 11.8. The van der Waals surface area contributed by atoms with Gasteiger partial charge in [-0.3, -0.25) is 4.79 Å². The average Bonchev–Trinajstić information content (AvgIpc) is 3.11. The number of furan rings is 1. The Bertz CT molecular complexity index is 662. The Morgan fingerprint density at radius 2 is 2.00 bits per heavy atom. The van der Waals surface area contributed by atoms with Gasteiger partial charge in [-0.05, 0) is 43.5 Å². The van der Waals surface area contributed by atoms with Crippen LogP contribution >= 0.6 is 0 Å². The van der Waals surface area contributed by atoms with Crippen LogP contribution in [0.2, 0.25) is 0 Å². The second-order valence-corrected chi connectivity index (χ2v) is 5.45. The number of ether oxygens (including phenoxy) is 1. The molecule has 0 unspecified atom stereocenters. The highest BCUT2D eigenvalue weighted by Gasteiger charge is 2.09. The van der Waals surface area contributed by atoms with Gasteiger partial charge in [-0.15, -0.1) is 0 Å². The Morgan fingerprint density at radius 1 is 1.21 bits per heavy atom. The van der Waals surface area contributed by atoms with Crippen LogP contribution in [0.5, 0.6) is 0 Å². The molecule has 5 heteroatoms. The van der Waals surface area contributed by atoms with Crippen molar-refractivity contribution in [3.63, 3.8) is 0 Å². The number of rotatable bonds is 8. The number of hydrogen-bond donors (Lipinski definition) is 1. The van der Waals surface area contributed by atoms with Gasteiger partial charge >= 0.3 is 5.97 Å². The van der Waals surface area contributed by atoms with Gasteiger partial charge in [-0.2, -0.15) is 0 Å². The first-order valence-electron chi connectivity index (χ1n) is 7.85. The third-order valence-corrected chi connectivity index (χ3v) is 3.39. The summed E-state index contributed by atoms with van der Waals surface area (Å²) in [6.07, 6.45) is 5.93. The van der Waals surface area contributed by atoms with Gasteiger partial charge in [0, 0.05) is 12.1 Å². The largest absolute Gasteiger partial charge is 0.465 e. The summed E-state index contributed by atoms with van der Waals surface area (Å²) in [6, 6.07) is 13.5. The molecule has 2 rings (SSSR count). The smallest absolute Gasteiger partial charge is 0.331 e. The fourth-order valence-electron chi connectivity index (χ4n) is 2.14. The molecule has 24 heavy (non-hydrogen) atoms. The standard InChI is InChI=1S/C19H21NO4/c1-15(9-10-16-6-3-2-4-7-16)20-18(21)14-24-19(22)12-11-17-8-5-13-23-17/h2-8,11-13,15H,9-10,14H2,1H3,(H,20,21)/b12-11+/t15-/m0/s1. The van der Waals surface area contributed by atoms with Crippen molar-refractivity contribution in [2.24, 2.45) is 0 Å². The molecule has 1 atom stereocenters. The molecule has 0 aliphatic carbocycles. The highest BCUT2D eigenvalue weighted by molar-refractivity contribution is 5.88. The van der Waals surface area contributed by atoms with Gasteiger partial charge in [-0.1, -0.05) is 30.3 Å². The van der Waals surface area contributed by atoms with Gasteiger partial charge in [0.15, 0.2) is 6.61 Å². The minimum absolute atomic E-state index is 0.00932. The van der Waals surface area contributed by atoms with E-state index in [1.807, 2.05) is 25.1 Å². The summed E-state index contributed by atoms with van der Waals surface area (Å²) >= 11 is 0. The van der Waals surface area contributed by atoms with E-state index in [9.17, 15) is 9.59 Å². The lowest BCUT2D eigenvalue weighted by Crippen LogP contribution is -2.36. The topological polar surface area (TPSA) is 68.5 Å². The number of esters is 1. The molecular formula is C19H21NO4. The van der Waals surface area contributed by atoms with Crippen LogP contribution in [-0.2, 0) is 20.7 Å². The third kappa shape index (κ3) is 6.52. The van der Waals surface area contributed by atoms with Crippen molar-refractivity contribution in [2.75, 3.05) is 6.61 Å². The Kier molecular flexibility index (Phi) is 6.83. The van der Waals surface area contributed by atoms with E-state index in [0.29, 0.717) is 5.76 Å². The van der Waals surface area contributed by atoms with Crippen molar-refractivity contribution in [1.29, 1.82) is 0 Å². The van der Waals surface area contributed by atoms with E-state index in [2.05, 4.69) is 17.4 Å². The molecule has 1 N–H and O–H groups in total. The summed E-state index contributed by atoms with van der Waals surface area (Å²) in [5.74, 6) is -0.347. The van der Waals surface area contributed by atoms with Gasteiger partial charge in [0.05, 0.1) is 6.26 Å². The first-order valence-corrected chi connectivity index (χ1v) is 7.85. The highest BCUT2D eigenvalue weighted by Crippen LogP contribution is 2.05. The zero-order chi connectivity index (χ0) is 17.2. The van der Waals surface area contributed by atoms with E-state index in [1.54, 1.807) is 12.1 Å². The molecule has 1 aromatic carbocycles. The monoisotopic (exact) mass is 327 g/mol. The molecule has 0 saturated heterocycles. The maximum absolute atomic E-state index is 11.8. The first-order chi connectivity index (χ1) is 11.6. The van der Waals surface area contributed by atoms with Gasteiger partial charge in [0.25, 0.3) is 5.91 Å². The molecule has 126 valence electrons. The number of carbonyl (C=O) groups is 2. The quantitative estimate of drug-likeness (QED) is 0.598. The van der Waals surface area contributed by atoms with Crippen LogP contribution in [0, 0.1) is 0 Å². The fourth-order valence-corrected chi connectivity index (χ4v) is 2.14. The van der Waals surface area contributed by atoms with Crippen LogP contribution in [0.25, 0.3) is 6.08 Å². The molecule has 0 saturated carbocycles. The van der Waals surface area contributed by atoms with Crippen LogP contribution < -0.4 is 5.32 Å². The minimum Gasteiger partial charge on any atom is -0.465 e. The lowest BCUT2D eigenvalue weighted by molar-refractivity contribution is -0.144. The Hall–Kier alpha value is -2.82. The zero-order valence-electron chi connectivity index (χ0n) is 13.6. The van der Waals surface area contributed by atoms with E-state index in [4.69, 9.17) is 9.15 Å². The molecule has 2 aromatic rings. The molecule has 1 aromatic heterocycles. The second kappa shape index (κ2) is 9.35. The van der Waals surface area contributed by atoms with E-state index in [0.717, 1.165) is 12.8 Å². The molecular weight excluding hydrogens is 306 g/mol. The minimum atomic E-state index is -0.585. The normalized spacial score (nSPS) is 12.0. The molecule has 0 aliphatic heterocycles. The summed E-state index contributed by atoms with van der Waals surface area (Å²) < 4.78 is 9.94. The molecule has 1 amide bonds. The SMILES string of the molecule is C[C@@H](CCc1ccccc1)NC(=O)COC(=O)/C=C/c1ccco1. The lowest BCUT2D eigenvalue weighted by atomic mass is 10.1. The summed E-state index contributed by atoms with van der Waals surface area (Å²) in [7, 11) is 0. The molecule has 1 heterocycles. The average molecular weight is 327 g/mol. The maximum Gasteiger partial charge on any atom is 0.331 e. The van der Waals surface area contributed by atoms with Crippen LogP contribution in [0.3, 0.4) is 0 Å². The van der Waals surface area contributed by atoms with Crippen molar-refractivity contribution in [2.45, 2.75) is 25.8 Å². The van der Waals surface area contributed by atoms with Gasteiger partial charge in [0.1, 0.15) is 5.76 Å². The van der Waals surface area contributed by atoms with Crippen LogP contribution in [-0.4, -0.2) is 24.5 Å². The van der Waals surface area contributed by atoms with Crippen molar-refractivity contribution in [3.8, 4) is 0 Å². The van der Waals surface area contributed by atoms with E-state index in [1.165, 1.54) is 24.0 Å². The Morgan fingerprint density at radius 3 is 2.71 bits per heavy atom. The predicted molar refractivity (Wildman–Crippen MR) is 91.1 cm³/mol. The van der Waals surface area contributed by atoms with Crippen molar-refractivity contribution in [3.05, 3.63) is 66.1 Å². The summed E-state index contributed by atoms with van der Waals surface area (Å²) in [6.45, 7) is 1.64. The number of nitrogens with one attached hydrogen (secondary N) is 1. The van der Waals surface area contributed by atoms with Crippen LogP contribution in [0.4, 0.5) is 0 Å². The number of amides is 1. The van der Waals surface area contributed by atoms with E-state index >= 15 is 0 Å². The molecule has 0 aliphatic rings. The van der Waals surface area contributed by atoms with Crippen molar-refractivity contribution < 1.29 is 18.7 Å². The zero-order valence-corrected chi connectivity index (χ0v) is 13.6. The van der Waals surface area contributed by atoms with E-state index in [-0.39, 0.29) is 18.6 Å². The number of carbonyl (C=O) groups excluding carboxylic acids is 2. The molecule has 0 bridgehead atoms. The number of benzene rings is 1. The highest BCUT2D eigenvalue weighted by atomic mass is 16.5. The van der Waals surface area contributed by atoms with Crippen LogP contribution in [0.1, 0.15) is 24.7 Å². The fraction of sp³-hybridized carbons (Fsp3) is 0.263. The van der Waals surface area contributed by atoms with Crippen LogP contribution in [0.15, 0.2) is 59.2 Å². The molecule has 0 radical (unpaired) electrons.